The van der Waals surface area contributed by atoms with Crippen LogP contribution in [-0.2, 0) is 4.79 Å². The first kappa shape index (κ1) is 20.4. The summed E-state index contributed by atoms with van der Waals surface area (Å²) in [5.41, 5.74) is 3.94. The van der Waals surface area contributed by atoms with Gasteiger partial charge in [0.25, 0.3) is 0 Å². The molecule has 9 heteroatoms. The minimum atomic E-state index is -0.176. The van der Waals surface area contributed by atoms with Crippen LogP contribution < -0.4 is 15.4 Å². The molecule has 0 bridgehead atoms. The Hall–Kier alpha value is -2.29. The highest BCUT2D eigenvalue weighted by molar-refractivity contribution is 8.01. The SMILES string of the molecule is COc1ccc(Cl)cc1NC(=O)CSc1nnc(Nc2ccc(C)c(C)c2)s1. The number of aromatic nitrogens is 2. The zero-order chi connectivity index (χ0) is 20.1. The Kier molecular flexibility index (Phi) is 6.77. The third kappa shape index (κ3) is 5.37. The first-order valence-electron chi connectivity index (χ1n) is 8.38. The van der Waals surface area contributed by atoms with Crippen LogP contribution in [0.3, 0.4) is 0 Å². The minimum absolute atomic E-state index is 0.176. The fourth-order valence-electron chi connectivity index (χ4n) is 2.35. The number of hydrogen-bond donors (Lipinski definition) is 2. The van der Waals surface area contributed by atoms with Gasteiger partial charge in [-0.3, -0.25) is 4.79 Å². The number of thioether (sulfide) groups is 1. The van der Waals surface area contributed by atoms with Gasteiger partial charge >= 0.3 is 0 Å². The van der Waals surface area contributed by atoms with E-state index in [1.165, 1.54) is 34.2 Å². The van der Waals surface area contributed by atoms with Crippen molar-refractivity contribution in [2.75, 3.05) is 23.5 Å². The summed E-state index contributed by atoms with van der Waals surface area (Å²) in [4.78, 5) is 12.2. The van der Waals surface area contributed by atoms with Crippen LogP contribution in [0.25, 0.3) is 0 Å². The number of anilines is 3. The number of hydrogen-bond acceptors (Lipinski definition) is 7. The lowest BCUT2D eigenvalue weighted by Crippen LogP contribution is -2.14. The molecule has 0 saturated carbocycles. The molecule has 1 heterocycles. The number of benzene rings is 2. The van der Waals surface area contributed by atoms with Crippen LogP contribution in [0.4, 0.5) is 16.5 Å². The van der Waals surface area contributed by atoms with E-state index in [0.29, 0.717) is 25.9 Å². The van der Waals surface area contributed by atoms with E-state index in [1.807, 2.05) is 6.07 Å². The van der Waals surface area contributed by atoms with Gasteiger partial charge in [0.2, 0.25) is 11.0 Å². The lowest BCUT2D eigenvalue weighted by Gasteiger charge is -2.09. The highest BCUT2D eigenvalue weighted by Gasteiger charge is 2.11. The van der Waals surface area contributed by atoms with Crippen molar-refractivity contribution in [2.24, 2.45) is 0 Å². The Bertz CT molecular complexity index is 994. The van der Waals surface area contributed by atoms with Crippen LogP contribution in [0.2, 0.25) is 5.02 Å². The number of carbonyl (C=O) groups excluding carboxylic acids is 1. The number of nitrogens with zero attached hydrogens (tertiary/aromatic N) is 2. The monoisotopic (exact) mass is 434 g/mol. The van der Waals surface area contributed by atoms with E-state index in [0.717, 1.165) is 5.69 Å². The Balaban J connectivity index is 1.56. The fourth-order valence-corrected chi connectivity index (χ4v) is 4.10. The predicted molar refractivity (Wildman–Crippen MR) is 116 cm³/mol. The van der Waals surface area contributed by atoms with Crippen molar-refractivity contribution >= 4 is 57.1 Å². The Labute approximate surface area is 176 Å². The third-order valence-corrected chi connectivity index (χ3v) is 6.13. The Morgan fingerprint density at radius 1 is 1.18 bits per heavy atom. The number of halogens is 1. The van der Waals surface area contributed by atoms with E-state index >= 15 is 0 Å². The molecule has 0 fully saturated rings. The Morgan fingerprint density at radius 3 is 2.75 bits per heavy atom. The van der Waals surface area contributed by atoms with Crippen molar-refractivity contribution in [1.82, 2.24) is 10.2 Å². The van der Waals surface area contributed by atoms with Crippen LogP contribution in [0, 0.1) is 13.8 Å². The van der Waals surface area contributed by atoms with E-state index in [-0.39, 0.29) is 11.7 Å². The van der Waals surface area contributed by atoms with Crippen LogP contribution >= 0.6 is 34.7 Å². The van der Waals surface area contributed by atoms with Gasteiger partial charge in [-0.2, -0.15) is 0 Å². The molecule has 1 aromatic heterocycles. The fraction of sp³-hybridized carbons (Fsp3) is 0.211. The van der Waals surface area contributed by atoms with E-state index < -0.39 is 0 Å². The van der Waals surface area contributed by atoms with E-state index in [1.54, 1.807) is 25.3 Å². The summed E-state index contributed by atoms with van der Waals surface area (Å²) in [6.07, 6.45) is 0. The number of carbonyl (C=O) groups is 1. The third-order valence-electron chi connectivity index (χ3n) is 3.93. The second-order valence-electron chi connectivity index (χ2n) is 5.98. The molecule has 6 nitrogen and oxygen atoms in total. The lowest BCUT2D eigenvalue weighted by atomic mass is 10.1. The molecule has 0 radical (unpaired) electrons. The van der Waals surface area contributed by atoms with Gasteiger partial charge in [0.1, 0.15) is 5.75 Å². The zero-order valence-electron chi connectivity index (χ0n) is 15.6. The van der Waals surface area contributed by atoms with Gasteiger partial charge in [0.05, 0.1) is 18.6 Å². The summed E-state index contributed by atoms with van der Waals surface area (Å²) in [6.45, 7) is 4.14. The molecular weight excluding hydrogens is 416 g/mol. The molecule has 1 amide bonds. The first-order valence-corrected chi connectivity index (χ1v) is 10.6. The normalized spacial score (nSPS) is 10.6. The first-order chi connectivity index (χ1) is 13.4. The number of ether oxygens (including phenoxy) is 1. The van der Waals surface area contributed by atoms with Crippen molar-refractivity contribution in [2.45, 2.75) is 18.2 Å². The second kappa shape index (κ2) is 9.27. The van der Waals surface area contributed by atoms with Crippen molar-refractivity contribution in [3.05, 3.63) is 52.5 Å². The maximum Gasteiger partial charge on any atom is 0.234 e. The maximum absolute atomic E-state index is 12.2. The summed E-state index contributed by atoms with van der Waals surface area (Å²) >= 11 is 8.70. The maximum atomic E-state index is 12.2. The summed E-state index contributed by atoms with van der Waals surface area (Å²) in [7, 11) is 1.54. The standard InChI is InChI=1S/C19H19ClN4O2S2/c1-11-4-6-14(8-12(11)2)21-18-23-24-19(28-18)27-10-17(25)22-15-9-13(20)5-7-16(15)26-3/h4-9H,10H2,1-3H3,(H,21,23)(H,22,25). The molecule has 0 aliphatic carbocycles. The van der Waals surface area contributed by atoms with Gasteiger partial charge in [-0.25, -0.2) is 0 Å². The van der Waals surface area contributed by atoms with Crippen molar-refractivity contribution in [3.8, 4) is 5.75 Å². The predicted octanol–water partition coefficient (Wildman–Crippen LogP) is 5.29. The molecule has 28 heavy (non-hydrogen) atoms. The summed E-state index contributed by atoms with van der Waals surface area (Å²) in [5.74, 6) is 0.580. The average molecular weight is 435 g/mol. The second-order valence-corrected chi connectivity index (χ2v) is 8.62. The van der Waals surface area contributed by atoms with Gasteiger partial charge in [0, 0.05) is 10.7 Å². The number of nitrogens with one attached hydrogen (secondary N) is 2. The van der Waals surface area contributed by atoms with Crippen LogP contribution in [0.15, 0.2) is 40.7 Å². The topological polar surface area (TPSA) is 76.1 Å². The summed E-state index contributed by atoms with van der Waals surface area (Å²) in [6, 6.07) is 11.2. The molecule has 2 N–H and O–H groups in total. The van der Waals surface area contributed by atoms with Crippen molar-refractivity contribution in [3.63, 3.8) is 0 Å². The highest BCUT2D eigenvalue weighted by Crippen LogP contribution is 2.30. The van der Waals surface area contributed by atoms with Crippen LogP contribution in [0.5, 0.6) is 5.75 Å². The van der Waals surface area contributed by atoms with Gasteiger partial charge in [-0.15, -0.1) is 10.2 Å². The largest absolute Gasteiger partial charge is 0.495 e. The van der Waals surface area contributed by atoms with Gasteiger partial charge in [0.15, 0.2) is 4.34 Å². The van der Waals surface area contributed by atoms with Gasteiger partial charge < -0.3 is 15.4 Å². The molecule has 3 rings (SSSR count). The number of aryl methyl sites for hydroxylation is 2. The smallest absolute Gasteiger partial charge is 0.234 e. The van der Waals surface area contributed by atoms with Crippen molar-refractivity contribution < 1.29 is 9.53 Å². The zero-order valence-corrected chi connectivity index (χ0v) is 18.0. The Morgan fingerprint density at radius 2 is 2.00 bits per heavy atom. The number of methoxy groups -OCH3 is 1. The number of amides is 1. The quantitative estimate of drug-likeness (QED) is 0.492. The molecular formula is C19H19ClN4O2S2. The lowest BCUT2D eigenvalue weighted by molar-refractivity contribution is -0.113. The molecule has 0 aliphatic rings. The van der Waals surface area contributed by atoms with Crippen LogP contribution in [-0.4, -0.2) is 29.0 Å². The summed E-state index contributed by atoms with van der Waals surface area (Å²) in [5, 5.41) is 15.5. The highest BCUT2D eigenvalue weighted by atomic mass is 35.5. The van der Waals surface area contributed by atoms with Crippen LogP contribution in [0.1, 0.15) is 11.1 Å². The van der Waals surface area contributed by atoms with Crippen molar-refractivity contribution in [1.29, 1.82) is 0 Å². The minimum Gasteiger partial charge on any atom is -0.495 e. The molecule has 2 aromatic carbocycles. The van der Waals surface area contributed by atoms with Gasteiger partial charge in [-0.05, 0) is 55.3 Å². The molecule has 0 spiro atoms. The van der Waals surface area contributed by atoms with Gasteiger partial charge in [-0.1, -0.05) is 40.8 Å². The molecule has 0 unspecified atom stereocenters. The average Bonchev–Trinajstić information content (AvgIpc) is 3.11. The van der Waals surface area contributed by atoms with E-state index in [9.17, 15) is 4.79 Å². The molecule has 146 valence electrons. The van der Waals surface area contributed by atoms with E-state index in [2.05, 4.69) is 46.8 Å². The number of rotatable bonds is 7. The summed E-state index contributed by atoms with van der Waals surface area (Å²) < 4.78 is 5.94. The van der Waals surface area contributed by atoms with E-state index in [4.69, 9.17) is 16.3 Å². The molecule has 0 saturated heterocycles. The molecule has 0 atom stereocenters. The molecule has 0 aliphatic heterocycles. The molecule has 3 aromatic rings.